The van der Waals surface area contributed by atoms with Gasteiger partial charge >= 0.3 is 0 Å². The lowest BCUT2D eigenvalue weighted by Crippen LogP contribution is -2.30. The number of aromatic nitrogens is 1. The molecular weight excluding hydrogens is 262 g/mol. The number of hydrogen-bond donors (Lipinski definition) is 1. The average molecular weight is 283 g/mol. The first kappa shape index (κ1) is 15.0. The van der Waals surface area contributed by atoms with Crippen molar-refractivity contribution in [1.29, 1.82) is 0 Å². The van der Waals surface area contributed by atoms with Gasteiger partial charge < -0.3 is 10.6 Å². The molecule has 1 unspecified atom stereocenters. The summed E-state index contributed by atoms with van der Waals surface area (Å²) in [5.74, 6) is -0.0325. The zero-order valence-corrected chi connectivity index (χ0v) is 12.9. The second kappa shape index (κ2) is 5.95. The number of amides is 1. The Labute approximate surface area is 125 Å². The van der Waals surface area contributed by atoms with Gasteiger partial charge in [0.15, 0.2) is 0 Å². The molecule has 2 aromatic rings. The first-order valence-electron chi connectivity index (χ1n) is 6.97. The van der Waals surface area contributed by atoms with Gasteiger partial charge in [0.2, 0.25) is 0 Å². The first-order valence-corrected chi connectivity index (χ1v) is 6.97. The molecule has 0 fully saturated rings. The molecule has 0 bridgehead atoms. The minimum Gasteiger partial charge on any atom is -0.399 e. The molecule has 1 heterocycles. The Bertz CT molecular complexity index is 667. The Morgan fingerprint density at radius 3 is 2.57 bits per heavy atom. The predicted molar refractivity (Wildman–Crippen MR) is 85.1 cm³/mol. The highest BCUT2D eigenvalue weighted by Crippen LogP contribution is 2.23. The molecule has 2 rings (SSSR count). The van der Waals surface area contributed by atoms with Gasteiger partial charge in [0, 0.05) is 18.4 Å². The average Bonchev–Trinajstić information content (AvgIpc) is 2.45. The van der Waals surface area contributed by atoms with Crippen molar-refractivity contribution >= 4 is 11.6 Å². The molecule has 1 amide bonds. The number of anilines is 1. The van der Waals surface area contributed by atoms with Crippen molar-refractivity contribution in [3.8, 4) is 0 Å². The van der Waals surface area contributed by atoms with Crippen molar-refractivity contribution in [3.05, 3.63) is 58.9 Å². The van der Waals surface area contributed by atoms with Crippen molar-refractivity contribution in [1.82, 2.24) is 9.88 Å². The van der Waals surface area contributed by atoms with Crippen molar-refractivity contribution in [2.75, 3.05) is 12.8 Å². The number of nitrogen functional groups attached to an aromatic ring is 1. The van der Waals surface area contributed by atoms with Gasteiger partial charge in [-0.2, -0.15) is 0 Å². The normalized spacial score (nSPS) is 12.0. The number of hydrogen-bond acceptors (Lipinski definition) is 3. The molecule has 2 N–H and O–H groups in total. The number of carbonyl (C=O) groups excluding carboxylic acids is 1. The standard InChI is InChI=1S/C17H21N3O/c1-11-8-9-16(12(2)19-11)17(21)20(4)13(3)14-6-5-7-15(18)10-14/h5-10,13H,18H2,1-4H3. The van der Waals surface area contributed by atoms with E-state index >= 15 is 0 Å². The maximum atomic E-state index is 12.6. The van der Waals surface area contributed by atoms with Crippen LogP contribution in [0.15, 0.2) is 36.4 Å². The third-order valence-corrected chi connectivity index (χ3v) is 3.75. The molecule has 0 radical (unpaired) electrons. The van der Waals surface area contributed by atoms with Gasteiger partial charge in [-0.25, -0.2) is 0 Å². The molecule has 110 valence electrons. The van der Waals surface area contributed by atoms with E-state index in [4.69, 9.17) is 5.73 Å². The largest absolute Gasteiger partial charge is 0.399 e. The topological polar surface area (TPSA) is 59.2 Å². The summed E-state index contributed by atoms with van der Waals surface area (Å²) in [4.78, 5) is 18.7. The van der Waals surface area contributed by atoms with E-state index in [0.717, 1.165) is 17.0 Å². The van der Waals surface area contributed by atoms with E-state index in [-0.39, 0.29) is 11.9 Å². The second-order valence-corrected chi connectivity index (χ2v) is 5.35. The number of rotatable bonds is 3. The second-order valence-electron chi connectivity index (χ2n) is 5.35. The van der Waals surface area contributed by atoms with Crippen LogP contribution in [0.4, 0.5) is 5.69 Å². The third kappa shape index (κ3) is 3.21. The van der Waals surface area contributed by atoms with Gasteiger partial charge in [0.05, 0.1) is 17.3 Å². The lowest BCUT2D eigenvalue weighted by Gasteiger charge is -2.26. The van der Waals surface area contributed by atoms with Crippen molar-refractivity contribution in [3.63, 3.8) is 0 Å². The number of nitrogens with two attached hydrogens (primary N) is 1. The number of benzene rings is 1. The SMILES string of the molecule is Cc1ccc(C(=O)N(C)C(C)c2cccc(N)c2)c(C)n1. The van der Waals surface area contributed by atoms with E-state index in [9.17, 15) is 4.79 Å². The Morgan fingerprint density at radius 1 is 1.24 bits per heavy atom. The van der Waals surface area contributed by atoms with Crippen LogP contribution in [0.25, 0.3) is 0 Å². The van der Waals surface area contributed by atoms with E-state index in [1.165, 1.54) is 0 Å². The fraction of sp³-hybridized carbons (Fsp3) is 0.294. The fourth-order valence-corrected chi connectivity index (χ4v) is 2.32. The fourth-order valence-electron chi connectivity index (χ4n) is 2.32. The highest BCUT2D eigenvalue weighted by molar-refractivity contribution is 5.95. The van der Waals surface area contributed by atoms with Crippen LogP contribution >= 0.6 is 0 Å². The number of nitrogens with zero attached hydrogens (tertiary/aromatic N) is 2. The number of carbonyl (C=O) groups is 1. The molecule has 4 heteroatoms. The van der Waals surface area contributed by atoms with Crippen LogP contribution in [0.1, 0.15) is 40.3 Å². The van der Waals surface area contributed by atoms with Crippen molar-refractivity contribution in [2.45, 2.75) is 26.8 Å². The minimum atomic E-state index is -0.0540. The van der Waals surface area contributed by atoms with Gasteiger partial charge in [-0.05, 0) is 50.6 Å². The molecule has 21 heavy (non-hydrogen) atoms. The molecule has 0 saturated heterocycles. The Hall–Kier alpha value is -2.36. The molecule has 4 nitrogen and oxygen atoms in total. The molecule has 1 atom stereocenters. The summed E-state index contributed by atoms with van der Waals surface area (Å²) in [6, 6.07) is 11.3. The predicted octanol–water partition coefficient (Wildman–Crippen LogP) is 3.11. The van der Waals surface area contributed by atoms with Crippen LogP contribution in [0, 0.1) is 13.8 Å². The van der Waals surface area contributed by atoms with Crippen LogP contribution in [-0.4, -0.2) is 22.8 Å². The van der Waals surface area contributed by atoms with E-state index in [0.29, 0.717) is 11.3 Å². The number of aryl methyl sites for hydroxylation is 2. The monoisotopic (exact) mass is 283 g/mol. The molecule has 1 aromatic carbocycles. The smallest absolute Gasteiger partial charge is 0.255 e. The first-order chi connectivity index (χ1) is 9.90. The van der Waals surface area contributed by atoms with Gasteiger partial charge in [-0.15, -0.1) is 0 Å². The zero-order valence-electron chi connectivity index (χ0n) is 12.9. The Balaban J connectivity index is 2.26. The van der Waals surface area contributed by atoms with Gasteiger partial charge in [-0.3, -0.25) is 9.78 Å². The maximum absolute atomic E-state index is 12.6. The summed E-state index contributed by atoms with van der Waals surface area (Å²) in [6.07, 6.45) is 0. The van der Waals surface area contributed by atoms with Crippen molar-refractivity contribution < 1.29 is 4.79 Å². The van der Waals surface area contributed by atoms with Gasteiger partial charge in [0.25, 0.3) is 5.91 Å². The summed E-state index contributed by atoms with van der Waals surface area (Å²) < 4.78 is 0. The summed E-state index contributed by atoms with van der Waals surface area (Å²) in [5.41, 5.74) is 9.84. The van der Waals surface area contributed by atoms with Gasteiger partial charge in [0.1, 0.15) is 0 Å². The van der Waals surface area contributed by atoms with Crippen LogP contribution in [0.5, 0.6) is 0 Å². The minimum absolute atomic E-state index is 0.0325. The van der Waals surface area contributed by atoms with E-state index in [1.807, 2.05) is 57.2 Å². The highest BCUT2D eigenvalue weighted by Gasteiger charge is 2.20. The lowest BCUT2D eigenvalue weighted by atomic mass is 10.0. The van der Waals surface area contributed by atoms with Crippen LogP contribution in [0.3, 0.4) is 0 Å². The number of pyridine rings is 1. The van der Waals surface area contributed by atoms with Crippen LogP contribution in [0.2, 0.25) is 0 Å². The van der Waals surface area contributed by atoms with E-state index in [2.05, 4.69) is 4.98 Å². The quantitative estimate of drug-likeness (QED) is 0.880. The molecule has 0 aliphatic heterocycles. The van der Waals surface area contributed by atoms with E-state index < -0.39 is 0 Å². The van der Waals surface area contributed by atoms with E-state index in [1.54, 1.807) is 11.9 Å². The summed E-state index contributed by atoms with van der Waals surface area (Å²) >= 11 is 0. The Kier molecular flexibility index (Phi) is 4.26. The summed E-state index contributed by atoms with van der Waals surface area (Å²) in [5, 5.41) is 0. The summed E-state index contributed by atoms with van der Waals surface area (Å²) in [6.45, 7) is 5.77. The van der Waals surface area contributed by atoms with Gasteiger partial charge in [-0.1, -0.05) is 12.1 Å². The molecule has 0 aliphatic carbocycles. The summed E-state index contributed by atoms with van der Waals surface area (Å²) in [7, 11) is 1.80. The third-order valence-electron chi connectivity index (χ3n) is 3.75. The van der Waals surface area contributed by atoms with Crippen LogP contribution < -0.4 is 5.73 Å². The molecule has 0 saturated carbocycles. The van der Waals surface area contributed by atoms with Crippen molar-refractivity contribution in [2.24, 2.45) is 0 Å². The maximum Gasteiger partial charge on any atom is 0.255 e. The lowest BCUT2D eigenvalue weighted by molar-refractivity contribution is 0.0741. The molecule has 0 spiro atoms. The van der Waals surface area contributed by atoms with Crippen LogP contribution in [-0.2, 0) is 0 Å². The molecule has 1 aromatic heterocycles. The molecule has 0 aliphatic rings. The Morgan fingerprint density at radius 2 is 1.95 bits per heavy atom. The molecular formula is C17H21N3O. The zero-order chi connectivity index (χ0) is 15.6. The highest BCUT2D eigenvalue weighted by atomic mass is 16.2.